The maximum absolute atomic E-state index is 12.5. The summed E-state index contributed by atoms with van der Waals surface area (Å²) in [5.74, 6) is 1.17. The Morgan fingerprint density at radius 2 is 1.27 bits per heavy atom. The number of halogens is 3. The van der Waals surface area contributed by atoms with Crippen molar-refractivity contribution in [2.45, 2.75) is 4.90 Å². The van der Waals surface area contributed by atoms with Gasteiger partial charge >= 0.3 is 0 Å². The summed E-state index contributed by atoms with van der Waals surface area (Å²) in [5.41, 5.74) is 0.365. The van der Waals surface area contributed by atoms with E-state index in [0.29, 0.717) is 22.2 Å². The molecule has 8 heteroatoms. The number of nitrogens with one attached hydrogen (secondary N) is 1. The summed E-state index contributed by atoms with van der Waals surface area (Å²) >= 11 is 17.7. The van der Waals surface area contributed by atoms with Gasteiger partial charge in [-0.1, -0.05) is 34.8 Å². The van der Waals surface area contributed by atoms with Crippen LogP contribution >= 0.6 is 34.8 Å². The summed E-state index contributed by atoms with van der Waals surface area (Å²) in [6, 6.07) is 17.6. The van der Waals surface area contributed by atoms with Gasteiger partial charge in [0.15, 0.2) is 0 Å². The summed E-state index contributed by atoms with van der Waals surface area (Å²) in [6.45, 7) is 0. The lowest BCUT2D eigenvalue weighted by Crippen LogP contribution is -2.13. The van der Waals surface area contributed by atoms with Gasteiger partial charge in [0.1, 0.15) is 16.4 Å². The van der Waals surface area contributed by atoms with Crippen LogP contribution < -0.4 is 9.46 Å². The summed E-state index contributed by atoms with van der Waals surface area (Å²) in [5, 5.41) is 0.980. The monoisotopic (exact) mass is 427 g/mol. The van der Waals surface area contributed by atoms with Gasteiger partial charge in [0.2, 0.25) is 0 Å². The largest absolute Gasteiger partial charge is 0.457 e. The molecule has 0 aliphatic rings. The minimum absolute atomic E-state index is 0.0876. The fraction of sp³-hybridized carbons (Fsp3) is 0. The number of hydrogen-bond donors (Lipinski definition) is 1. The molecule has 3 rings (SSSR count). The van der Waals surface area contributed by atoms with Crippen LogP contribution in [0.25, 0.3) is 0 Å². The average molecular weight is 429 g/mol. The minimum Gasteiger partial charge on any atom is -0.457 e. The molecule has 0 saturated heterocycles. The highest BCUT2D eigenvalue weighted by Gasteiger charge is 2.18. The van der Waals surface area contributed by atoms with Crippen LogP contribution in [0.15, 0.2) is 71.6 Å². The molecule has 1 N–H and O–H groups in total. The van der Waals surface area contributed by atoms with Crippen molar-refractivity contribution in [2.75, 3.05) is 4.72 Å². The highest BCUT2D eigenvalue weighted by atomic mass is 35.5. The lowest BCUT2D eigenvalue weighted by molar-refractivity contribution is 0.483. The molecule has 0 spiro atoms. The summed E-state index contributed by atoms with van der Waals surface area (Å²) < 4.78 is 33.1. The maximum Gasteiger partial charge on any atom is 0.263 e. The van der Waals surface area contributed by atoms with Crippen molar-refractivity contribution in [1.82, 2.24) is 0 Å². The Balaban J connectivity index is 1.76. The first-order valence-electron chi connectivity index (χ1n) is 7.35. The summed E-state index contributed by atoms with van der Waals surface area (Å²) in [6.07, 6.45) is 0. The molecule has 0 aliphatic heterocycles. The Morgan fingerprint density at radius 1 is 0.731 bits per heavy atom. The molecule has 0 heterocycles. The van der Waals surface area contributed by atoms with Crippen LogP contribution in [0.2, 0.25) is 15.1 Å². The second-order valence-electron chi connectivity index (χ2n) is 5.26. The van der Waals surface area contributed by atoms with Gasteiger partial charge in [0, 0.05) is 15.7 Å². The van der Waals surface area contributed by atoms with E-state index >= 15 is 0 Å². The van der Waals surface area contributed by atoms with Gasteiger partial charge < -0.3 is 4.74 Å². The molecule has 0 fully saturated rings. The average Bonchev–Trinajstić information content (AvgIpc) is 2.60. The van der Waals surface area contributed by atoms with Gasteiger partial charge in [-0.3, -0.25) is 4.72 Å². The third-order valence-electron chi connectivity index (χ3n) is 3.34. The number of anilines is 1. The molecular formula is C18H12Cl3NO3S. The van der Waals surface area contributed by atoms with Crippen LogP contribution in [0.1, 0.15) is 0 Å². The lowest BCUT2D eigenvalue weighted by Gasteiger charge is -2.11. The molecular weight excluding hydrogens is 417 g/mol. The molecule has 0 atom stereocenters. The van der Waals surface area contributed by atoms with E-state index in [1.165, 1.54) is 18.2 Å². The first kappa shape index (κ1) is 18.9. The van der Waals surface area contributed by atoms with Crippen molar-refractivity contribution >= 4 is 50.5 Å². The topological polar surface area (TPSA) is 55.4 Å². The number of ether oxygens (including phenoxy) is 1. The van der Waals surface area contributed by atoms with E-state index in [9.17, 15) is 8.42 Å². The maximum atomic E-state index is 12.5. The number of hydrogen-bond acceptors (Lipinski definition) is 3. The minimum atomic E-state index is -3.86. The Bertz CT molecular complexity index is 1020. The number of rotatable bonds is 5. The van der Waals surface area contributed by atoms with Gasteiger partial charge in [0.05, 0.1) is 5.02 Å². The lowest BCUT2D eigenvalue weighted by atomic mass is 10.3. The first-order valence-corrected chi connectivity index (χ1v) is 9.96. The van der Waals surface area contributed by atoms with E-state index in [0.717, 1.165) is 0 Å². The molecule has 3 aromatic rings. The first-order chi connectivity index (χ1) is 12.3. The molecule has 0 aromatic heterocycles. The molecule has 3 aromatic carbocycles. The molecule has 134 valence electrons. The second kappa shape index (κ2) is 7.76. The molecule has 26 heavy (non-hydrogen) atoms. The van der Waals surface area contributed by atoms with Crippen molar-refractivity contribution in [2.24, 2.45) is 0 Å². The highest BCUT2D eigenvalue weighted by molar-refractivity contribution is 7.92. The predicted octanol–water partition coefficient (Wildman–Crippen LogP) is 6.24. The van der Waals surface area contributed by atoms with Crippen molar-refractivity contribution < 1.29 is 13.2 Å². The van der Waals surface area contributed by atoms with Crippen LogP contribution in [0.4, 0.5) is 5.69 Å². The molecule has 0 unspecified atom stereocenters. The zero-order valence-corrected chi connectivity index (χ0v) is 16.2. The van der Waals surface area contributed by atoms with Crippen LogP contribution in [-0.4, -0.2) is 8.42 Å². The zero-order valence-electron chi connectivity index (χ0n) is 13.1. The Morgan fingerprint density at radius 3 is 1.88 bits per heavy atom. The molecule has 0 radical (unpaired) electrons. The van der Waals surface area contributed by atoms with Crippen molar-refractivity contribution in [3.8, 4) is 11.5 Å². The van der Waals surface area contributed by atoms with Gasteiger partial charge in [0.25, 0.3) is 10.0 Å². The van der Waals surface area contributed by atoms with E-state index in [1.54, 1.807) is 48.5 Å². The summed E-state index contributed by atoms with van der Waals surface area (Å²) in [7, 11) is -3.86. The van der Waals surface area contributed by atoms with Gasteiger partial charge in [-0.15, -0.1) is 0 Å². The van der Waals surface area contributed by atoms with Gasteiger partial charge in [-0.05, 0) is 66.7 Å². The van der Waals surface area contributed by atoms with E-state index < -0.39 is 10.0 Å². The Labute approximate surface area is 166 Å². The Hall–Kier alpha value is -1.92. The normalized spacial score (nSPS) is 11.2. The van der Waals surface area contributed by atoms with E-state index in [-0.39, 0.29) is 14.9 Å². The van der Waals surface area contributed by atoms with Crippen LogP contribution in [0.5, 0.6) is 11.5 Å². The van der Waals surface area contributed by atoms with Crippen molar-refractivity contribution in [3.63, 3.8) is 0 Å². The SMILES string of the molecule is O=S(=O)(Nc1ccc(Oc2ccc(Cl)cc2)cc1)c1cc(Cl)ccc1Cl. The van der Waals surface area contributed by atoms with Gasteiger partial charge in [-0.2, -0.15) is 0 Å². The molecule has 4 nitrogen and oxygen atoms in total. The van der Waals surface area contributed by atoms with Crippen LogP contribution in [-0.2, 0) is 10.0 Å². The quantitative estimate of drug-likeness (QED) is 0.523. The fourth-order valence-corrected chi connectivity index (χ4v) is 4.07. The molecule has 0 saturated carbocycles. The smallest absolute Gasteiger partial charge is 0.263 e. The van der Waals surface area contributed by atoms with Crippen LogP contribution in [0, 0.1) is 0 Å². The van der Waals surface area contributed by atoms with Crippen LogP contribution in [0.3, 0.4) is 0 Å². The highest BCUT2D eigenvalue weighted by Crippen LogP contribution is 2.28. The van der Waals surface area contributed by atoms with E-state index in [2.05, 4.69) is 4.72 Å². The standard InChI is InChI=1S/C18H12Cl3NO3S/c19-12-1-6-15(7-2-12)25-16-8-4-14(5-9-16)22-26(23,24)18-11-13(20)3-10-17(18)21/h1-11,22H. The van der Waals surface area contributed by atoms with Gasteiger partial charge in [-0.25, -0.2) is 8.42 Å². The number of benzene rings is 3. The van der Waals surface area contributed by atoms with Crippen molar-refractivity contribution in [1.29, 1.82) is 0 Å². The molecule has 0 amide bonds. The second-order valence-corrected chi connectivity index (χ2v) is 8.19. The third kappa shape index (κ3) is 4.62. The van der Waals surface area contributed by atoms with Crippen molar-refractivity contribution in [3.05, 3.63) is 81.8 Å². The summed E-state index contributed by atoms with van der Waals surface area (Å²) in [4.78, 5) is -0.0897. The third-order valence-corrected chi connectivity index (χ3v) is 5.69. The Kier molecular flexibility index (Phi) is 5.63. The zero-order chi connectivity index (χ0) is 18.7. The molecule has 0 aliphatic carbocycles. The van der Waals surface area contributed by atoms with E-state index in [1.807, 2.05) is 0 Å². The molecule has 0 bridgehead atoms. The predicted molar refractivity (Wildman–Crippen MR) is 105 cm³/mol. The fourth-order valence-electron chi connectivity index (χ4n) is 2.12. The number of sulfonamides is 1. The van der Waals surface area contributed by atoms with E-state index in [4.69, 9.17) is 39.5 Å².